The first kappa shape index (κ1) is 15.9. The highest BCUT2D eigenvalue weighted by molar-refractivity contribution is 5.94. The second-order valence-electron chi connectivity index (χ2n) is 5.31. The summed E-state index contributed by atoms with van der Waals surface area (Å²) in [5.41, 5.74) is 6.22. The number of aliphatic hydroxyl groups excluding tert-OH is 1. The lowest BCUT2D eigenvalue weighted by Gasteiger charge is -2.44. The number of methoxy groups -OCH3 is 2. The van der Waals surface area contributed by atoms with Gasteiger partial charge in [-0.2, -0.15) is 0 Å². The molecule has 0 spiro atoms. The van der Waals surface area contributed by atoms with Gasteiger partial charge < -0.3 is 25.1 Å². The Balaban J connectivity index is 2.45. The fourth-order valence-corrected chi connectivity index (χ4v) is 2.66. The van der Waals surface area contributed by atoms with Crippen LogP contribution in [0.25, 0.3) is 0 Å². The standard InChI is InChI=1S/C15H21NO5/c1-9(17)10-4-5-12-11(6-10)13(16)14(18)15(21-12,7-19-2)8-20-3/h4-6,13-14,18H,7-8,16H2,1-3H3/t13-,14+/m1/s1. The van der Waals surface area contributed by atoms with E-state index in [0.717, 1.165) is 0 Å². The molecule has 1 aromatic rings. The molecule has 0 saturated carbocycles. The van der Waals surface area contributed by atoms with E-state index < -0.39 is 17.7 Å². The van der Waals surface area contributed by atoms with Crippen molar-refractivity contribution >= 4 is 5.78 Å². The maximum absolute atomic E-state index is 11.5. The van der Waals surface area contributed by atoms with Gasteiger partial charge in [-0.3, -0.25) is 4.79 Å². The van der Waals surface area contributed by atoms with Gasteiger partial charge in [0.15, 0.2) is 11.4 Å². The molecule has 116 valence electrons. The average Bonchev–Trinajstić information content (AvgIpc) is 2.45. The fraction of sp³-hybridized carbons (Fsp3) is 0.533. The van der Waals surface area contributed by atoms with Crippen molar-refractivity contribution in [1.29, 1.82) is 0 Å². The molecule has 6 heteroatoms. The Morgan fingerprint density at radius 3 is 2.52 bits per heavy atom. The summed E-state index contributed by atoms with van der Waals surface area (Å²) in [4.78, 5) is 11.5. The summed E-state index contributed by atoms with van der Waals surface area (Å²) in [5, 5.41) is 10.5. The van der Waals surface area contributed by atoms with Crippen LogP contribution in [-0.4, -0.2) is 50.0 Å². The lowest BCUT2D eigenvalue weighted by molar-refractivity contribution is -0.144. The second-order valence-corrected chi connectivity index (χ2v) is 5.31. The molecule has 0 unspecified atom stereocenters. The normalized spacial score (nSPS) is 23.3. The lowest BCUT2D eigenvalue weighted by atomic mass is 9.84. The maximum atomic E-state index is 11.5. The van der Waals surface area contributed by atoms with Crippen LogP contribution < -0.4 is 10.5 Å². The Kier molecular flexibility index (Phi) is 4.63. The molecule has 2 atom stereocenters. The van der Waals surface area contributed by atoms with Gasteiger partial charge in [0.2, 0.25) is 0 Å². The van der Waals surface area contributed by atoms with E-state index in [0.29, 0.717) is 16.9 Å². The summed E-state index contributed by atoms with van der Waals surface area (Å²) in [6, 6.07) is 4.35. The van der Waals surface area contributed by atoms with Gasteiger partial charge in [0.05, 0.1) is 19.3 Å². The molecule has 3 N–H and O–H groups in total. The van der Waals surface area contributed by atoms with Crippen LogP contribution in [0.2, 0.25) is 0 Å². The summed E-state index contributed by atoms with van der Waals surface area (Å²) < 4.78 is 16.2. The first-order valence-electron chi connectivity index (χ1n) is 6.70. The molecular weight excluding hydrogens is 274 g/mol. The number of carbonyl (C=O) groups excluding carboxylic acids is 1. The molecular formula is C15H21NO5. The van der Waals surface area contributed by atoms with Crippen LogP contribution in [0, 0.1) is 0 Å². The Morgan fingerprint density at radius 1 is 1.38 bits per heavy atom. The predicted octanol–water partition coefficient (Wildman–Crippen LogP) is 0.674. The van der Waals surface area contributed by atoms with Crippen molar-refractivity contribution in [2.45, 2.75) is 24.7 Å². The first-order valence-corrected chi connectivity index (χ1v) is 6.70. The third-order valence-electron chi connectivity index (χ3n) is 3.75. The highest BCUT2D eigenvalue weighted by Crippen LogP contribution is 2.39. The number of hydrogen-bond acceptors (Lipinski definition) is 6. The molecule has 21 heavy (non-hydrogen) atoms. The number of carbonyl (C=O) groups is 1. The van der Waals surface area contributed by atoms with Crippen molar-refractivity contribution < 1.29 is 24.1 Å². The Hall–Kier alpha value is -1.47. The number of fused-ring (bicyclic) bond motifs is 1. The molecule has 0 bridgehead atoms. The smallest absolute Gasteiger partial charge is 0.183 e. The predicted molar refractivity (Wildman–Crippen MR) is 76.5 cm³/mol. The van der Waals surface area contributed by atoms with Crippen molar-refractivity contribution in [3.63, 3.8) is 0 Å². The Morgan fingerprint density at radius 2 is 2.00 bits per heavy atom. The van der Waals surface area contributed by atoms with Gasteiger partial charge >= 0.3 is 0 Å². The fourth-order valence-electron chi connectivity index (χ4n) is 2.66. The molecule has 1 aliphatic rings. The molecule has 2 rings (SSSR count). The molecule has 0 radical (unpaired) electrons. The summed E-state index contributed by atoms with van der Waals surface area (Å²) in [7, 11) is 3.04. The number of ketones is 1. The van der Waals surface area contributed by atoms with Crippen LogP contribution in [0.3, 0.4) is 0 Å². The zero-order valence-corrected chi connectivity index (χ0v) is 12.5. The largest absolute Gasteiger partial charge is 0.479 e. The van der Waals surface area contributed by atoms with Crippen LogP contribution in [-0.2, 0) is 9.47 Å². The van der Waals surface area contributed by atoms with Gasteiger partial charge in [-0.25, -0.2) is 0 Å². The van der Waals surface area contributed by atoms with E-state index in [1.807, 2.05) is 0 Å². The summed E-state index contributed by atoms with van der Waals surface area (Å²) in [5.74, 6) is 0.469. The molecule has 0 fully saturated rings. The van der Waals surface area contributed by atoms with Crippen molar-refractivity contribution in [3.8, 4) is 5.75 Å². The van der Waals surface area contributed by atoms with Crippen molar-refractivity contribution in [3.05, 3.63) is 29.3 Å². The topological polar surface area (TPSA) is 91.0 Å². The number of nitrogens with two attached hydrogens (primary N) is 1. The lowest BCUT2D eigenvalue weighted by Crippen LogP contribution is -2.60. The number of Topliss-reactive ketones (excluding diaryl/α,β-unsaturated/α-hetero) is 1. The van der Waals surface area contributed by atoms with E-state index >= 15 is 0 Å². The molecule has 1 aromatic carbocycles. The maximum Gasteiger partial charge on any atom is 0.183 e. The number of benzene rings is 1. The van der Waals surface area contributed by atoms with Gasteiger partial charge in [-0.1, -0.05) is 0 Å². The zero-order chi connectivity index (χ0) is 15.6. The summed E-state index contributed by atoms with van der Waals surface area (Å²) in [6.45, 7) is 1.76. The average molecular weight is 295 g/mol. The van der Waals surface area contributed by atoms with E-state index in [4.69, 9.17) is 19.9 Å². The molecule has 0 amide bonds. The highest BCUT2D eigenvalue weighted by Gasteiger charge is 2.48. The van der Waals surface area contributed by atoms with Gasteiger partial charge in [0, 0.05) is 25.3 Å². The highest BCUT2D eigenvalue weighted by atomic mass is 16.6. The van der Waals surface area contributed by atoms with Crippen LogP contribution in [0.15, 0.2) is 18.2 Å². The quantitative estimate of drug-likeness (QED) is 0.776. The third kappa shape index (κ3) is 2.80. The van der Waals surface area contributed by atoms with Gasteiger partial charge in [-0.05, 0) is 25.1 Å². The van der Waals surface area contributed by atoms with Crippen LogP contribution in [0.5, 0.6) is 5.75 Å². The van der Waals surface area contributed by atoms with Crippen molar-refractivity contribution in [2.75, 3.05) is 27.4 Å². The first-order chi connectivity index (χ1) is 9.95. The monoisotopic (exact) mass is 295 g/mol. The minimum Gasteiger partial charge on any atom is -0.479 e. The van der Waals surface area contributed by atoms with Gasteiger partial charge in [-0.15, -0.1) is 0 Å². The van der Waals surface area contributed by atoms with Crippen LogP contribution in [0.1, 0.15) is 28.9 Å². The third-order valence-corrected chi connectivity index (χ3v) is 3.75. The number of aliphatic hydroxyl groups is 1. The molecule has 0 aromatic heterocycles. The van der Waals surface area contributed by atoms with Gasteiger partial charge in [0.25, 0.3) is 0 Å². The minimum absolute atomic E-state index is 0.0647. The zero-order valence-electron chi connectivity index (χ0n) is 12.5. The van der Waals surface area contributed by atoms with Crippen molar-refractivity contribution in [2.24, 2.45) is 5.73 Å². The second kappa shape index (κ2) is 6.11. The van der Waals surface area contributed by atoms with Crippen LogP contribution in [0.4, 0.5) is 0 Å². The number of rotatable bonds is 5. The molecule has 0 saturated heterocycles. The Labute approximate surface area is 123 Å². The molecule has 1 aliphatic heterocycles. The van der Waals surface area contributed by atoms with E-state index in [-0.39, 0.29) is 19.0 Å². The van der Waals surface area contributed by atoms with Gasteiger partial charge in [0.1, 0.15) is 11.9 Å². The van der Waals surface area contributed by atoms with Crippen LogP contribution >= 0.6 is 0 Å². The number of hydrogen-bond donors (Lipinski definition) is 2. The summed E-state index contributed by atoms with van der Waals surface area (Å²) >= 11 is 0. The summed E-state index contributed by atoms with van der Waals surface area (Å²) in [6.07, 6.45) is -1.01. The molecule has 1 heterocycles. The minimum atomic E-state index is -1.06. The van der Waals surface area contributed by atoms with Crippen molar-refractivity contribution in [1.82, 2.24) is 0 Å². The van der Waals surface area contributed by atoms with E-state index in [9.17, 15) is 9.90 Å². The van der Waals surface area contributed by atoms with E-state index in [1.54, 1.807) is 18.2 Å². The van der Waals surface area contributed by atoms with E-state index in [2.05, 4.69) is 0 Å². The molecule has 0 aliphatic carbocycles. The Bertz CT molecular complexity index is 525. The SMILES string of the molecule is COCC1(COC)Oc2ccc(C(C)=O)cc2[C@@H](N)[C@@H]1O. The van der Waals surface area contributed by atoms with E-state index in [1.165, 1.54) is 21.1 Å². The molecule has 6 nitrogen and oxygen atoms in total. The number of ether oxygens (including phenoxy) is 3.